The van der Waals surface area contributed by atoms with E-state index in [1.54, 1.807) is 0 Å². The minimum atomic E-state index is -2.52. The first-order valence-electron chi connectivity index (χ1n) is 4.53. The Kier molecular flexibility index (Phi) is 2.25. The van der Waals surface area contributed by atoms with Crippen LogP contribution in [0.4, 0.5) is 0 Å². The average Bonchev–Trinajstić information content (AvgIpc) is 2.87. The Labute approximate surface area is 73.0 Å². The van der Waals surface area contributed by atoms with Crippen LogP contribution in [0.3, 0.4) is 0 Å². The second-order valence-electron chi connectivity index (χ2n) is 3.18. The van der Waals surface area contributed by atoms with Crippen molar-refractivity contribution in [1.82, 2.24) is 9.34 Å². The minimum absolute atomic E-state index is 0.657. The molecule has 2 heterocycles. The second kappa shape index (κ2) is 3.11. The lowest BCUT2D eigenvalue weighted by molar-refractivity contribution is 0.192. The third-order valence-corrected chi connectivity index (χ3v) is 5.16. The molecule has 70 valence electrons. The van der Waals surface area contributed by atoms with Crippen molar-refractivity contribution in [2.75, 3.05) is 32.8 Å². The van der Waals surface area contributed by atoms with E-state index in [1.165, 1.54) is 0 Å². The zero-order chi connectivity index (χ0) is 8.60. The van der Waals surface area contributed by atoms with Gasteiger partial charge in [0.05, 0.1) is 6.61 Å². The van der Waals surface area contributed by atoms with Gasteiger partial charge in [-0.05, 0) is 6.42 Å². The molecule has 2 aliphatic rings. The molecule has 2 fully saturated rings. The molecule has 0 aromatic heterocycles. The third kappa shape index (κ3) is 1.33. The van der Waals surface area contributed by atoms with Crippen LogP contribution in [0.2, 0.25) is 0 Å². The van der Waals surface area contributed by atoms with Gasteiger partial charge < -0.3 is 4.52 Å². The molecule has 0 aromatic carbocycles. The molecule has 0 amide bonds. The largest absolute Gasteiger partial charge is 0.346 e. The van der Waals surface area contributed by atoms with Crippen molar-refractivity contribution >= 4 is 7.67 Å². The summed E-state index contributed by atoms with van der Waals surface area (Å²) in [5.74, 6) is 0. The molecular formula is C7H15N2O2P. The summed E-state index contributed by atoms with van der Waals surface area (Å²) >= 11 is 0. The Balaban J connectivity index is 2.12. The van der Waals surface area contributed by atoms with Gasteiger partial charge >= 0.3 is 7.67 Å². The topological polar surface area (TPSA) is 32.5 Å². The summed E-state index contributed by atoms with van der Waals surface area (Å²) in [6, 6.07) is 0. The summed E-state index contributed by atoms with van der Waals surface area (Å²) in [5.41, 5.74) is 0. The molecule has 1 unspecified atom stereocenters. The standard InChI is InChI=1S/C7H15N2O2P/c1-2-8-4-3-7-11-12(8,10)9-5-6-9/h2-7H2,1H3. The molecular weight excluding hydrogens is 175 g/mol. The SMILES string of the molecule is CCN1CCCOP1(=O)N1CC1. The van der Waals surface area contributed by atoms with Crippen molar-refractivity contribution in [3.05, 3.63) is 0 Å². The zero-order valence-corrected chi connectivity index (χ0v) is 8.30. The Morgan fingerprint density at radius 3 is 2.75 bits per heavy atom. The maximum Gasteiger partial charge on any atom is 0.346 e. The van der Waals surface area contributed by atoms with Crippen molar-refractivity contribution in [3.63, 3.8) is 0 Å². The van der Waals surface area contributed by atoms with E-state index >= 15 is 0 Å². The van der Waals surface area contributed by atoms with Gasteiger partial charge in [-0.15, -0.1) is 0 Å². The van der Waals surface area contributed by atoms with E-state index in [9.17, 15) is 4.57 Å². The van der Waals surface area contributed by atoms with Crippen molar-refractivity contribution < 1.29 is 9.09 Å². The third-order valence-electron chi connectivity index (χ3n) is 2.32. The fourth-order valence-electron chi connectivity index (χ4n) is 1.53. The number of rotatable bonds is 2. The van der Waals surface area contributed by atoms with Crippen LogP contribution in [-0.2, 0) is 9.09 Å². The van der Waals surface area contributed by atoms with Crippen LogP contribution in [0.1, 0.15) is 13.3 Å². The quantitative estimate of drug-likeness (QED) is 0.483. The van der Waals surface area contributed by atoms with E-state index in [-0.39, 0.29) is 0 Å². The molecule has 5 heteroatoms. The molecule has 0 radical (unpaired) electrons. The summed E-state index contributed by atoms with van der Waals surface area (Å²) < 4.78 is 21.5. The number of hydrogen-bond donors (Lipinski definition) is 0. The van der Waals surface area contributed by atoms with Gasteiger partial charge in [0.2, 0.25) is 0 Å². The van der Waals surface area contributed by atoms with E-state index in [4.69, 9.17) is 4.52 Å². The van der Waals surface area contributed by atoms with Gasteiger partial charge in [0.1, 0.15) is 0 Å². The van der Waals surface area contributed by atoms with Crippen LogP contribution < -0.4 is 0 Å². The second-order valence-corrected chi connectivity index (χ2v) is 5.55. The normalized spacial score (nSPS) is 38.4. The Morgan fingerprint density at radius 2 is 2.17 bits per heavy atom. The van der Waals surface area contributed by atoms with E-state index in [2.05, 4.69) is 0 Å². The highest BCUT2D eigenvalue weighted by Crippen LogP contribution is 2.59. The first kappa shape index (κ1) is 8.70. The highest BCUT2D eigenvalue weighted by molar-refractivity contribution is 7.54. The van der Waals surface area contributed by atoms with Crippen LogP contribution >= 0.6 is 7.67 Å². The highest BCUT2D eigenvalue weighted by atomic mass is 31.2. The molecule has 4 nitrogen and oxygen atoms in total. The molecule has 2 rings (SSSR count). The lowest BCUT2D eigenvalue weighted by atomic mass is 10.4. The summed E-state index contributed by atoms with van der Waals surface area (Å²) in [7, 11) is -2.52. The molecule has 2 aliphatic heterocycles. The minimum Gasteiger partial charge on any atom is -0.306 e. The maximum atomic E-state index is 12.2. The molecule has 1 atom stereocenters. The van der Waals surface area contributed by atoms with Gasteiger partial charge in [0, 0.05) is 26.2 Å². The molecule has 0 N–H and O–H groups in total. The Bertz CT molecular complexity index is 217. The molecule has 0 spiro atoms. The smallest absolute Gasteiger partial charge is 0.306 e. The monoisotopic (exact) mass is 190 g/mol. The van der Waals surface area contributed by atoms with Gasteiger partial charge in [0.25, 0.3) is 0 Å². The van der Waals surface area contributed by atoms with E-state index in [1.807, 2.05) is 16.3 Å². The Hall–Kier alpha value is 0.110. The lowest BCUT2D eigenvalue weighted by Gasteiger charge is -2.34. The fourth-order valence-corrected chi connectivity index (χ4v) is 3.93. The van der Waals surface area contributed by atoms with E-state index in [0.29, 0.717) is 6.61 Å². The van der Waals surface area contributed by atoms with Gasteiger partial charge in [-0.3, -0.25) is 4.57 Å². The molecule has 0 aliphatic carbocycles. The summed E-state index contributed by atoms with van der Waals surface area (Å²) in [5, 5.41) is 0. The molecule has 12 heavy (non-hydrogen) atoms. The summed E-state index contributed by atoms with van der Waals surface area (Å²) in [6.07, 6.45) is 1.01. The maximum absolute atomic E-state index is 12.2. The molecule has 0 saturated carbocycles. The van der Waals surface area contributed by atoms with Crippen LogP contribution in [0.15, 0.2) is 0 Å². The van der Waals surface area contributed by atoms with Gasteiger partial charge in [-0.2, -0.15) is 0 Å². The van der Waals surface area contributed by atoms with Crippen LogP contribution in [-0.4, -0.2) is 42.1 Å². The molecule has 0 aromatic rings. The molecule has 0 bridgehead atoms. The fraction of sp³-hybridized carbons (Fsp3) is 1.00. The van der Waals surface area contributed by atoms with Crippen LogP contribution in [0.5, 0.6) is 0 Å². The van der Waals surface area contributed by atoms with Gasteiger partial charge in [-0.1, -0.05) is 6.92 Å². The van der Waals surface area contributed by atoms with Crippen molar-refractivity contribution in [2.45, 2.75) is 13.3 Å². The van der Waals surface area contributed by atoms with Crippen molar-refractivity contribution in [2.24, 2.45) is 0 Å². The predicted molar refractivity (Wildman–Crippen MR) is 47.0 cm³/mol. The highest BCUT2D eigenvalue weighted by Gasteiger charge is 2.45. The van der Waals surface area contributed by atoms with Gasteiger partial charge in [0.15, 0.2) is 0 Å². The van der Waals surface area contributed by atoms with Crippen molar-refractivity contribution in [3.8, 4) is 0 Å². The van der Waals surface area contributed by atoms with Crippen molar-refractivity contribution in [1.29, 1.82) is 0 Å². The molecule has 2 saturated heterocycles. The first-order valence-corrected chi connectivity index (χ1v) is 6.06. The Morgan fingerprint density at radius 1 is 1.42 bits per heavy atom. The summed E-state index contributed by atoms with van der Waals surface area (Å²) in [6.45, 7) is 6.31. The summed E-state index contributed by atoms with van der Waals surface area (Å²) in [4.78, 5) is 0. The van der Waals surface area contributed by atoms with Crippen LogP contribution in [0, 0.1) is 0 Å². The average molecular weight is 190 g/mol. The number of nitrogens with zero attached hydrogens (tertiary/aromatic N) is 2. The van der Waals surface area contributed by atoms with E-state index < -0.39 is 7.67 Å². The first-order chi connectivity index (χ1) is 5.77. The number of hydrogen-bond acceptors (Lipinski definition) is 2. The zero-order valence-electron chi connectivity index (χ0n) is 7.40. The predicted octanol–water partition coefficient (Wildman–Crippen LogP) is 1.15. The lowest BCUT2D eigenvalue weighted by Crippen LogP contribution is -2.31. The van der Waals surface area contributed by atoms with Gasteiger partial charge in [-0.25, -0.2) is 9.34 Å². The van der Waals surface area contributed by atoms with E-state index in [0.717, 1.165) is 32.6 Å². The van der Waals surface area contributed by atoms with Crippen LogP contribution in [0.25, 0.3) is 0 Å².